The monoisotopic (exact) mass is 352 g/mol. The summed E-state index contributed by atoms with van der Waals surface area (Å²) < 4.78 is 6.72. The van der Waals surface area contributed by atoms with Crippen LogP contribution < -0.4 is 15.8 Å². The Kier molecular flexibility index (Phi) is 3.97. The van der Waals surface area contributed by atoms with Crippen molar-refractivity contribution in [3.63, 3.8) is 0 Å². The quantitative estimate of drug-likeness (QED) is 0.878. The molecule has 3 N–H and O–H groups in total. The van der Waals surface area contributed by atoms with E-state index in [9.17, 15) is 4.79 Å². The number of benzene rings is 1. The SMILES string of the molecule is CC1(C(=O)NCc2cc(Br)cc3c2OCC3)CCCC1N. The van der Waals surface area contributed by atoms with Crippen LogP contribution in [0.5, 0.6) is 5.75 Å². The molecule has 5 heteroatoms. The predicted molar refractivity (Wildman–Crippen MR) is 85.1 cm³/mol. The Morgan fingerprint density at radius 1 is 1.57 bits per heavy atom. The van der Waals surface area contributed by atoms with Crippen LogP contribution in [0.2, 0.25) is 0 Å². The summed E-state index contributed by atoms with van der Waals surface area (Å²) in [5, 5.41) is 3.05. The summed E-state index contributed by atoms with van der Waals surface area (Å²) >= 11 is 3.52. The lowest BCUT2D eigenvalue weighted by atomic mass is 9.84. The van der Waals surface area contributed by atoms with E-state index in [0.717, 1.165) is 48.1 Å². The first-order valence-electron chi connectivity index (χ1n) is 7.49. The van der Waals surface area contributed by atoms with Crippen LogP contribution in [0.15, 0.2) is 16.6 Å². The first kappa shape index (κ1) is 14.9. The fourth-order valence-electron chi connectivity index (χ4n) is 3.33. The van der Waals surface area contributed by atoms with Gasteiger partial charge in [0, 0.05) is 29.0 Å². The maximum absolute atomic E-state index is 12.5. The van der Waals surface area contributed by atoms with Gasteiger partial charge in [-0.3, -0.25) is 4.79 Å². The number of fused-ring (bicyclic) bond motifs is 1. The maximum atomic E-state index is 12.5. The minimum absolute atomic E-state index is 0.0398. The van der Waals surface area contributed by atoms with Gasteiger partial charge in [0.2, 0.25) is 5.91 Å². The second kappa shape index (κ2) is 5.61. The third-order valence-electron chi connectivity index (χ3n) is 4.81. The number of carbonyl (C=O) groups is 1. The number of amides is 1. The molecule has 1 aromatic rings. The zero-order valence-corrected chi connectivity index (χ0v) is 13.8. The fourth-order valence-corrected chi connectivity index (χ4v) is 3.88. The molecule has 1 heterocycles. The van der Waals surface area contributed by atoms with Gasteiger partial charge in [-0.1, -0.05) is 22.4 Å². The van der Waals surface area contributed by atoms with Crippen molar-refractivity contribution in [1.82, 2.24) is 5.32 Å². The minimum atomic E-state index is -0.434. The average Bonchev–Trinajstić information content (AvgIpc) is 3.04. The molecule has 2 atom stereocenters. The summed E-state index contributed by atoms with van der Waals surface area (Å²) in [4.78, 5) is 12.5. The molecular weight excluding hydrogens is 332 g/mol. The highest BCUT2D eigenvalue weighted by Gasteiger charge is 2.42. The van der Waals surface area contributed by atoms with Crippen molar-refractivity contribution < 1.29 is 9.53 Å². The molecule has 1 aromatic carbocycles. The summed E-state index contributed by atoms with van der Waals surface area (Å²) in [5.41, 5.74) is 7.90. The highest BCUT2D eigenvalue weighted by molar-refractivity contribution is 9.10. The Morgan fingerprint density at radius 2 is 2.38 bits per heavy atom. The molecule has 1 amide bonds. The summed E-state index contributed by atoms with van der Waals surface area (Å²) in [6.07, 6.45) is 3.76. The number of nitrogens with two attached hydrogens (primary N) is 1. The smallest absolute Gasteiger partial charge is 0.227 e. The summed E-state index contributed by atoms with van der Waals surface area (Å²) in [6, 6.07) is 4.06. The highest BCUT2D eigenvalue weighted by atomic mass is 79.9. The molecule has 1 aliphatic heterocycles. The molecule has 3 rings (SSSR count). The van der Waals surface area contributed by atoms with E-state index in [0.29, 0.717) is 6.54 Å². The van der Waals surface area contributed by atoms with Gasteiger partial charge in [-0.2, -0.15) is 0 Å². The zero-order valence-electron chi connectivity index (χ0n) is 12.2. The molecule has 2 aliphatic rings. The standard InChI is InChI=1S/C16H21BrN2O2/c1-16(5-2-3-13(16)18)15(20)19-9-11-8-12(17)7-10-4-6-21-14(10)11/h7-8,13H,2-6,9,18H2,1H3,(H,19,20). The molecule has 2 unspecified atom stereocenters. The van der Waals surface area contributed by atoms with Crippen LogP contribution in [-0.4, -0.2) is 18.6 Å². The van der Waals surface area contributed by atoms with Crippen LogP contribution >= 0.6 is 15.9 Å². The Bertz CT molecular complexity index is 576. The molecule has 114 valence electrons. The van der Waals surface area contributed by atoms with Gasteiger partial charge in [0.25, 0.3) is 0 Å². The Labute approximate surface area is 133 Å². The Balaban J connectivity index is 1.72. The topological polar surface area (TPSA) is 64.3 Å². The molecule has 4 nitrogen and oxygen atoms in total. The van der Waals surface area contributed by atoms with Crippen molar-refractivity contribution in [3.8, 4) is 5.75 Å². The number of carbonyl (C=O) groups excluding carboxylic acids is 1. The van der Waals surface area contributed by atoms with Gasteiger partial charge >= 0.3 is 0 Å². The molecule has 0 bridgehead atoms. The van der Waals surface area contributed by atoms with Crippen molar-refractivity contribution in [2.24, 2.45) is 11.1 Å². The lowest BCUT2D eigenvalue weighted by molar-refractivity contribution is -0.130. The van der Waals surface area contributed by atoms with E-state index >= 15 is 0 Å². The number of ether oxygens (including phenoxy) is 1. The normalized spacial score (nSPS) is 27.3. The van der Waals surface area contributed by atoms with Crippen LogP contribution in [0.3, 0.4) is 0 Å². The van der Waals surface area contributed by atoms with Gasteiger partial charge in [0.1, 0.15) is 5.75 Å². The van der Waals surface area contributed by atoms with Gasteiger partial charge < -0.3 is 15.8 Å². The second-order valence-corrected chi connectivity index (χ2v) is 7.17. The van der Waals surface area contributed by atoms with Gasteiger partial charge in [-0.15, -0.1) is 0 Å². The van der Waals surface area contributed by atoms with E-state index in [1.807, 2.05) is 13.0 Å². The van der Waals surface area contributed by atoms with Crippen molar-refractivity contribution in [1.29, 1.82) is 0 Å². The predicted octanol–water partition coefficient (Wildman–Crippen LogP) is 2.52. The summed E-state index contributed by atoms with van der Waals surface area (Å²) in [6.45, 7) is 3.18. The molecule has 0 aromatic heterocycles. The Hall–Kier alpha value is -1.07. The summed E-state index contributed by atoms with van der Waals surface area (Å²) in [7, 11) is 0. The third kappa shape index (κ3) is 2.69. The van der Waals surface area contributed by atoms with E-state index in [-0.39, 0.29) is 11.9 Å². The number of halogens is 1. The highest BCUT2D eigenvalue weighted by Crippen LogP contribution is 2.37. The van der Waals surface area contributed by atoms with Gasteiger partial charge in [0.15, 0.2) is 0 Å². The summed E-state index contributed by atoms with van der Waals surface area (Å²) in [5.74, 6) is 0.985. The molecule has 21 heavy (non-hydrogen) atoms. The minimum Gasteiger partial charge on any atom is -0.493 e. The molecule has 0 spiro atoms. The molecule has 1 fully saturated rings. The number of hydrogen-bond acceptors (Lipinski definition) is 3. The van der Waals surface area contributed by atoms with Crippen LogP contribution in [0.1, 0.15) is 37.3 Å². The van der Waals surface area contributed by atoms with E-state index in [4.69, 9.17) is 10.5 Å². The molecule has 0 saturated heterocycles. The lowest BCUT2D eigenvalue weighted by Gasteiger charge is -2.27. The van der Waals surface area contributed by atoms with Crippen LogP contribution in [0.4, 0.5) is 0 Å². The average molecular weight is 353 g/mol. The van der Waals surface area contributed by atoms with Crippen molar-refractivity contribution >= 4 is 21.8 Å². The van der Waals surface area contributed by atoms with Crippen molar-refractivity contribution in [3.05, 3.63) is 27.7 Å². The molecule has 1 aliphatic carbocycles. The lowest BCUT2D eigenvalue weighted by Crippen LogP contribution is -2.47. The van der Waals surface area contributed by atoms with Gasteiger partial charge in [0.05, 0.1) is 12.0 Å². The molecular formula is C16H21BrN2O2. The van der Waals surface area contributed by atoms with Crippen molar-refractivity contribution in [2.45, 2.75) is 45.2 Å². The largest absolute Gasteiger partial charge is 0.493 e. The van der Waals surface area contributed by atoms with Crippen molar-refractivity contribution in [2.75, 3.05) is 6.61 Å². The van der Waals surface area contributed by atoms with Crippen LogP contribution in [0, 0.1) is 5.41 Å². The zero-order chi connectivity index (χ0) is 15.0. The van der Waals surface area contributed by atoms with Gasteiger partial charge in [-0.05, 0) is 37.5 Å². The first-order valence-corrected chi connectivity index (χ1v) is 8.28. The van der Waals surface area contributed by atoms with Gasteiger partial charge in [-0.25, -0.2) is 0 Å². The van der Waals surface area contributed by atoms with E-state index < -0.39 is 5.41 Å². The third-order valence-corrected chi connectivity index (χ3v) is 5.27. The number of hydrogen-bond donors (Lipinski definition) is 2. The van der Waals surface area contributed by atoms with Crippen LogP contribution in [0.25, 0.3) is 0 Å². The number of rotatable bonds is 3. The fraction of sp³-hybridized carbons (Fsp3) is 0.562. The van der Waals surface area contributed by atoms with E-state index in [1.165, 1.54) is 5.56 Å². The van der Waals surface area contributed by atoms with E-state index in [2.05, 4.69) is 27.3 Å². The van der Waals surface area contributed by atoms with Crippen LogP contribution in [-0.2, 0) is 17.8 Å². The molecule has 1 saturated carbocycles. The molecule has 0 radical (unpaired) electrons. The maximum Gasteiger partial charge on any atom is 0.227 e. The van der Waals surface area contributed by atoms with E-state index in [1.54, 1.807) is 0 Å². The second-order valence-electron chi connectivity index (χ2n) is 6.25. The Morgan fingerprint density at radius 3 is 3.10 bits per heavy atom. The number of nitrogens with one attached hydrogen (secondary N) is 1. The first-order chi connectivity index (χ1) is 10.0.